The van der Waals surface area contributed by atoms with Crippen LogP contribution < -0.4 is 5.73 Å². The first kappa shape index (κ1) is 14.0. The van der Waals surface area contributed by atoms with E-state index >= 15 is 0 Å². The Morgan fingerprint density at radius 2 is 2.15 bits per heavy atom. The quantitative estimate of drug-likeness (QED) is 0.911. The lowest BCUT2D eigenvalue weighted by Gasteiger charge is -2.48. The fraction of sp³-hybridized carbons (Fsp3) is 0.867. The van der Waals surface area contributed by atoms with Crippen molar-refractivity contribution in [1.82, 2.24) is 19.7 Å². The molecule has 0 amide bonds. The van der Waals surface area contributed by atoms with E-state index in [9.17, 15) is 0 Å². The second-order valence-corrected chi connectivity index (χ2v) is 6.52. The summed E-state index contributed by atoms with van der Waals surface area (Å²) < 4.78 is 2.17. The van der Waals surface area contributed by atoms with Crippen LogP contribution in [0.3, 0.4) is 0 Å². The molecular formula is C15H27N5. The average molecular weight is 277 g/mol. The number of nitrogens with two attached hydrogens (primary N) is 1. The summed E-state index contributed by atoms with van der Waals surface area (Å²) in [6.45, 7) is 6.07. The zero-order valence-electron chi connectivity index (χ0n) is 12.6. The molecule has 5 heteroatoms. The summed E-state index contributed by atoms with van der Waals surface area (Å²) in [5.41, 5.74) is 6.41. The van der Waals surface area contributed by atoms with Crippen molar-refractivity contribution in [1.29, 1.82) is 0 Å². The van der Waals surface area contributed by atoms with E-state index in [1.54, 1.807) is 0 Å². The molecule has 1 aliphatic carbocycles. The molecule has 1 saturated carbocycles. The van der Waals surface area contributed by atoms with Gasteiger partial charge in [-0.1, -0.05) is 19.8 Å². The Kier molecular flexibility index (Phi) is 4.08. The van der Waals surface area contributed by atoms with Crippen LogP contribution >= 0.6 is 0 Å². The predicted molar refractivity (Wildman–Crippen MR) is 79.1 cm³/mol. The van der Waals surface area contributed by atoms with Gasteiger partial charge in [0.25, 0.3) is 0 Å². The monoisotopic (exact) mass is 277 g/mol. The standard InChI is InChI=1S/C15H27N5/c1-2-3-13-4-6-15(11-16,7-5-13)20-9-8-19-12-17-18-14(19)10-20/h12-13H,2-11,16H2,1H3. The van der Waals surface area contributed by atoms with Crippen LogP contribution in [0.1, 0.15) is 51.3 Å². The van der Waals surface area contributed by atoms with E-state index in [0.717, 1.165) is 37.9 Å². The number of hydrogen-bond donors (Lipinski definition) is 1. The molecule has 1 aromatic heterocycles. The Morgan fingerprint density at radius 3 is 2.85 bits per heavy atom. The fourth-order valence-corrected chi connectivity index (χ4v) is 4.03. The molecule has 1 aliphatic heterocycles. The van der Waals surface area contributed by atoms with Gasteiger partial charge >= 0.3 is 0 Å². The van der Waals surface area contributed by atoms with Gasteiger partial charge in [0, 0.05) is 25.2 Å². The third-order valence-electron chi connectivity index (χ3n) is 5.42. The molecule has 2 aliphatic rings. The van der Waals surface area contributed by atoms with Crippen LogP contribution in [-0.4, -0.2) is 38.3 Å². The molecule has 3 rings (SSSR count). The molecule has 2 heterocycles. The molecule has 0 unspecified atom stereocenters. The van der Waals surface area contributed by atoms with Crippen molar-refractivity contribution < 1.29 is 0 Å². The van der Waals surface area contributed by atoms with E-state index in [-0.39, 0.29) is 5.54 Å². The predicted octanol–water partition coefficient (Wildman–Crippen LogP) is 1.78. The Balaban J connectivity index is 1.68. The van der Waals surface area contributed by atoms with E-state index in [1.165, 1.54) is 38.5 Å². The molecule has 112 valence electrons. The first-order valence-electron chi connectivity index (χ1n) is 8.09. The molecule has 0 atom stereocenters. The van der Waals surface area contributed by atoms with Gasteiger partial charge in [-0.05, 0) is 31.6 Å². The van der Waals surface area contributed by atoms with Crippen LogP contribution in [0.25, 0.3) is 0 Å². The third-order valence-corrected chi connectivity index (χ3v) is 5.42. The van der Waals surface area contributed by atoms with Gasteiger partial charge in [-0.25, -0.2) is 0 Å². The van der Waals surface area contributed by atoms with E-state index < -0.39 is 0 Å². The van der Waals surface area contributed by atoms with Crippen LogP contribution in [0.2, 0.25) is 0 Å². The number of aromatic nitrogens is 3. The molecule has 20 heavy (non-hydrogen) atoms. The van der Waals surface area contributed by atoms with Crippen molar-refractivity contribution in [3.05, 3.63) is 12.2 Å². The summed E-state index contributed by atoms with van der Waals surface area (Å²) in [4.78, 5) is 2.58. The van der Waals surface area contributed by atoms with Gasteiger partial charge in [0.05, 0.1) is 6.54 Å². The Bertz CT molecular complexity index is 433. The number of nitrogens with zero attached hydrogens (tertiary/aromatic N) is 4. The first-order valence-corrected chi connectivity index (χ1v) is 8.09. The minimum Gasteiger partial charge on any atom is -0.329 e. The van der Waals surface area contributed by atoms with E-state index in [0.29, 0.717) is 0 Å². The maximum Gasteiger partial charge on any atom is 0.147 e. The third kappa shape index (κ3) is 2.49. The average Bonchev–Trinajstić information content (AvgIpc) is 2.96. The van der Waals surface area contributed by atoms with Gasteiger partial charge in [0.2, 0.25) is 0 Å². The lowest BCUT2D eigenvalue weighted by molar-refractivity contribution is 0.0188. The SMILES string of the molecule is CCCC1CCC(CN)(N2CCn3cnnc3C2)CC1. The highest BCUT2D eigenvalue weighted by Gasteiger charge is 2.40. The van der Waals surface area contributed by atoms with Crippen molar-refractivity contribution >= 4 is 0 Å². The number of rotatable bonds is 4. The zero-order chi connectivity index (χ0) is 14.0. The fourth-order valence-electron chi connectivity index (χ4n) is 4.03. The molecular weight excluding hydrogens is 250 g/mol. The summed E-state index contributed by atoms with van der Waals surface area (Å²) in [6.07, 6.45) is 9.73. The molecule has 0 radical (unpaired) electrons. The second kappa shape index (κ2) is 5.82. The van der Waals surface area contributed by atoms with Crippen LogP contribution in [0.4, 0.5) is 0 Å². The Morgan fingerprint density at radius 1 is 1.35 bits per heavy atom. The van der Waals surface area contributed by atoms with Crippen molar-refractivity contribution in [3.63, 3.8) is 0 Å². The normalized spacial score (nSPS) is 31.2. The van der Waals surface area contributed by atoms with Crippen molar-refractivity contribution in [2.45, 2.75) is 64.1 Å². The minimum atomic E-state index is 0.210. The van der Waals surface area contributed by atoms with Crippen LogP contribution in [0.5, 0.6) is 0 Å². The van der Waals surface area contributed by atoms with Gasteiger partial charge in [-0.15, -0.1) is 10.2 Å². The highest BCUT2D eigenvalue weighted by Crippen LogP contribution is 2.38. The maximum atomic E-state index is 6.20. The molecule has 2 N–H and O–H groups in total. The molecule has 0 aromatic carbocycles. The van der Waals surface area contributed by atoms with Crippen molar-refractivity contribution in [2.75, 3.05) is 13.1 Å². The highest BCUT2D eigenvalue weighted by atomic mass is 15.3. The Hall–Kier alpha value is -0.940. The highest BCUT2D eigenvalue weighted by molar-refractivity contribution is 5.00. The number of fused-ring (bicyclic) bond motifs is 1. The van der Waals surface area contributed by atoms with Gasteiger partial charge in [0.1, 0.15) is 12.2 Å². The molecule has 0 spiro atoms. The zero-order valence-corrected chi connectivity index (χ0v) is 12.6. The molecule has 0 bridgehead atoms. The molecule has 5 nitrogen and oxygen atoms in total. The van der Waals surface area contributed by atoms with Gasteiger partial charge in [-0.3, -0.25) is 4.90 Å². The summed E-state index contributed by atoms with van der Waals surface area (Å²) in [5.74, 6) is 2.02. The largest absolute Gasteiger partial charge is 0.329 e. The van der Waals surface area contributed by atoms with E-state index in [2.05, 4.69) is 26.6 Å². The lowest BCUT2D eigenvalue weighted by atomic mass is 9.74. The summed E-state index contributed by atoms with van der Waals surface area (Å²) in [7, 11) is 0. The summed E-state index contributed by atoms with van der Waals surface area (Å²) in [6, 6.07) is 0. The minimum absolute atomic E-state index is 0.210. The van der Waals surface area contributed by atoms with Crippen LogP contribution in [-0.2, 0) is 13.1 Å². The maximum absolute atomic E-state index is 6.20. The first-order chi connectivity index (χ1) is 9.77. The van der Waals surface area contributed by atoms with Crippen molar-refractivity contribution in [2.24, 2.45) is 11.7 Å². The van der Waals surface area contributed by atoms with Gasteiger partial charge in [0.15, 0.2) is 0 Å². The van der Waals surface area contributed by atoms with E-state index in [1.807, 2.05) is 6.33 Å². The van der Waals surface area contributed by atoms with Gasteiger partial charge < -0.3 is 10.3 Å². The molecule has 0 saturated heterocycles. The van der Waals surface area contributed by atoms with E-state index in [4.69, 9.17) is 5.73 Å². The van der Waals surface area contributed by atoms with Gasteiger partial charge in [-0.2, -0.15) is 0 Å². The van der Waals surface area contributed by atoms with Crippen LogP contribution in [0, 0.1) is 5.92 Å². The summed E-state index contributed by atoms with van der Waals surface area (Å²) in [5, 5.41) is 8.27. The smallest absolute Gasteiger partial charge is 0.147 e. The molecule has 1 aromatic rings. The Labute approximate surface area is 121 Å². The van der Waals surface area contributed by atoms with Crippen molar-refractivity contribution in [3.8, 4) is 0 Å². The second-order valence-electron chi connectivity index (χ2n) is 6.52. The van der Waals surface area contributed by atoms with Crippen LogP contribution in [0.15, 0.2) is 6.33 Å². The topological polar surface area (TPSA) is 60.0 Å². The molecule has 1 fully saturated rings. The summed E-state index contributed by atoms with van der Waals surface area (Å²) >= 11 is 0. The lowest BCUT2D eigenvalue weighted by Crippen LogP contribution is -2.57. The number of hydrogen-bond acceptors (Lipinski definition) is 4.